The number of aryl methyl sites for hydroxylation is 2. The summed E-state index contributed by atoms with van der Waals surface area (Å²) in [6, 6.07) is 6.30. The minimum atomic E-state index is 0.890. The van der Waals surface area contributed by atoms with Crippen LogP contribution in [0.25, 0.3) is 0 Å². The van der Waals surface area contributed by atoms with E-state index in [-0.39, 0.29) is 0 Å². The van der Waals surface area contributed by atoms with E-state index in [1.165, 1.54) is 11.1 Å². The first-order valence-electron chi connectivity index (χ1n) is 4.14. The lowest BCUT2D eigenvalue weighted by molar-refractivity contribution is 1.08. The van der Waals surface area contributed by atoms with Gasteiger partial charge in [0.1, 0.15) is 0 Å². The summed E-state index contributed by atoms with van der Waals surface area (Å²) >= 11 is 0. The van der Waals surface area contributed by atoms with E-state index in [2.05, 4.69) is 19.9 Å². The van der Waals surface area contributed by atoms with Crippen LogP contribution >= 0.6 is 0 Å². The molecule has 2 radical (unpaired) electrons. The predicted octanol–water partition coefficient (Wildman–Crippen LogP) is 2.87. The predicted molar refractivity (Wildman–Crippen MR) is 48.6 cm³/mol. The molecule has 0 N–H and O–H groups in total. The molecule has 0 amide bonds. The molecule has 0 unspecified atom stereocenters. The topological polar surface area (TPSA) is 0 Å². The molecule has 0 heterocycles. The zero-order valence-electron chi connectivity index (χ0n) is 7.22. The summed E-state index contributed by atoms with van der Waals surface area (Å²) in [7, 11) is 0. The summed E-state index contributed by atoms with van der Waals surface area (Å²) < 4.78 is 0. The minimum Gasteiger partial charge on any atom is -0.0613 e. The van der Waals surface area contributed by atoms with Gasteiger partial charge in [-0.25, -0.2) is 0 Å². The SMILES string of the molecule is [CH]c1cc(CC)cc(CC)c1. The molecule has 0 aliphatic heterocycles. The first kappa shape index (κ1) is 8.32. The van der Waals surface area contributed by atoms with E-state index in [0.717, 1.165) is 18.4 Å². The summed E-state index contributed by atoms with van der Waals surface area (Å²) in [4.78, 5) is 0. The van der Waals surface area contributed by atoms with E-state index in [1.54, 1.807) is 0 Å². The smallest absolute Gasteiger partial charge is 0.00118 e. The fourth-order valence-electron chi connectivity index (χ4n) is 1.20. The lowest BCUT2D eigenvalue weighted by Gasteiger charge is -2.02. The van der Waals surface area contributed by atoms with Crippen molar-refractivity contribution in [3.8, 4) is 0 Å². The lowest BCUT2D eigenvalue weighted by Crippen LogP contribution is -1.87. The Morgan fingerprint density at radius 3 is 1.82 bits per heavy atom. The van der Waals surface area contributed by atoms with Crippen molar-refractivity contribution >= 4 is 0 Å². The first-order valence-corrected chi connectivity index (χ1v) is 4.14. The van der Waals surface area contributed by atoms with Crippen LogP contribution in [0.15, 0.2) is 18.2 Å². The second kappa shape index (κ2) is 3.56. The molecular formula is C11H14. The van der Waals surface area contributed by atoms with Crippen LogP contribution < -0.4 is 0 Å². The van der Waals surface area contributed by atoms with Gasteiger partial charge < -0.3 is 0 Å². The molecule has 1 aromatic rings. The van der Waals surface area contributed by atoms with Crippen molar-refractivity contribution in [3.63, 3.8) is 0 Å². The largest absolute Gasteiger partial charge is 0.0613 e. The molecular weight excluding hydrogens is 132 g/mol. The van der Waals surface area contributed by atoms with Crippen LogP contribution in [-0.2, 0) is 12.8 Å². The van der Waals surface area contributed by atoms with Gasteiger partial charge in [0, 0.05) is 0 Å². The Balaban J connectivity index is 3.02. The van der Waals surface area contributed by atoms with Crippen molar-refractivity contribution in [2.24, 2.45) is 0 Å². The van der Waals surface area contributed by atoms with Crippen molar-refractivity contribution in [2.75, 3.05) is 0 Å². The van der Waals surface area contributed by atoms with E-state index < -0.39 is 0 Å². The standard InChI is InChI=1S/C11H14/c1-4-10-6-9(3)7-11(5-2)8-10/h3,6-8H,4-5H2,1-2H3. The van der Waals surface area contributed by atoms with Gasteiger partial charge in [-0.1, -0.05) is 32.0 Å². The maximum absolute atomic E-state index is 5.71. The summed E-state index contributed by atoms with van der Waals surface area (Å²) in [5.74, 6) is 0. The molecule has 0 saturated carbocycles. The second-order valence-electron chi connectivity index (χ2n) is 2.79. The maximum atomic E-state index is 5.71. The monoisotopic (exact) mass is 146 g/mol. The minimum absolute atomic E-state index is 0.890. The van der Waals surface area contributed by atoms with E-state index in [1.807, 2.05) is 12.1 Å². The normalized spacial score (nSPS) is 10.1. The van der Waals surface area contributed by atoms with Crippen LogP contribution in [0, 0.1) is 6.92 Å². The van der Waals surface area contributed by atoms with Crippen LogP contribution in [0.1, 0.15) is 30.5 Å². The molecule has 0 atom stereocenters. The van der Waals surface area contributed by atoms with Gasteiger partial charge in [-0.15, -0.1) is 0 Å². The Morgan fingerprint density at radius 2 is 1.45 bits per heavy atom. The molecule has 11 heavy (non-hydrogen) atoms. The van der Waals surface area contributed by atoms with E-state index in [9.17, 15) is 0 Å². The summed E-state index contributed by atoms with van der Waals surface area (Å²) in [5.41, 5.74) is 3.56. The van der Waals surface area contributed by atoms with Crippen molar-refractivity contribution in [1.82, 2.24) is 0 Å². The third-order valence-corrected chi connectivity index (χ3v) is 1.89. The summed E-state index contributed by atoms with van der Waals surface area (Å²) in [6.07, 6.45) is 2.13. The van der Waals surface area contributed by atoms with Gasteiger partial charge in [0.15, 0.2) is 0 Å². The zero-order valence-corrected chi connectivity index (χ0v) is 7.22. The first-order chi connectivity index (χ1) is 5.26. The Bertz CT molecular complexity index is 214. The molecule has 0 aromatic heterocycles. The van der Waals surface area contributed by atoms with Gasteiger partial charge >= 0.3 is 0 Å². The van der Waals surface area contributed by atoms with Gasteiger partial charge in [-0.2, -0.15) is 0 Å². The average molecular weight is 146 g/mol. The fraction of sp³-hybridized carbons (Fsp3) is 0.364. The second-order valence-corrected chi connectivity index (χ2v) is 2.79. The molecule has 0 fully saturated rings. The molecule has 0 saturated heterocycles. The van der Waals surface area contributed by atoms with E-state index in [4.69, 9.17) is 6.92 Å². The fourth-order valence-corrected chi connectivity index (χ4v) is 1.20. The van der Waals surface area contributed by atoms with E-state index in [0.29, 0.717) is 0 Å². The number of rotatable bonds is 2. The highest BCUT2D eigenvalue weighted by Gasteiger charge is 1.94. The summed E-state index contributed by atoms with van der Waals surface area (Å²) in [5, 5.41) is 0. The van der Waals surface area contributed by atoms with Crippen LogP contribution in [0.5, 0.6) is 0 Å². The highest BCUT2D eigenvalue weighted by Crippen LogP contribution is 2.10. The number of hydrogen-bond donors (Lipinski definition) is 0. The molecule has 0 heteroatoms. The molecule has 0 aliphatic carbocycles. The molecule has 58 valence electrons. The molecule has 0 spiro atoms. The van der Waals surface area contributed by atoms with Gasteiger partial charge in [-0.05, 0) is 36.5 Å². The Labute approximate surface area is 69.3 Å². The average Bonchev–Trinajstić information content (AvgIpc) is 2.03. The van der Waals surface area contributed by atoms with Gasteiger partial charge in [0.25, 0.3) is 0 Å². The van der Waals surface area contributed by atoms with E-state index >= 15 is 0 Å². The number of hydrogen-bond acceptors (Lipinski definition) is 0. The molecule has 1 rings (SSSR count). The molecule has 0 nitrogen and oxygen atoms in total. The Morgan fingerprint density at radius 1 is 1.00 bits per heavy atom. The molecule has 0 bridgehead atoms. The summed E-state index contributed by atoms with van der Waals surface area (Å²) in [6.45, 7) is 10.0. The molecule has 0 aliphatic rings. The van der Waals surface area contributed by atoms with Crippen LogP contribution in [0.3, 0.4) is 0 Å². The highest BCUT2D eigenvalue weighted by atomic mass is 14.0. The quantitative estimate of drug-likeness (QED) is 0.602. The number of benzene rings is 1. The van der Waals surface area contributed by atoms with Gasteiger partial charge in [0.2, 0.25) is 0 Å². The Kier molecular flexibility index (Phi) is 2.70. The van der Waals surface area contributed by atoms with Crippen molar-refractivity contribution in [1.29, 1.82) is 0 Å². The zero-order chi connectivity index (χ0) is 8.27. The van der Waals surface area contributed by atoms with Crippen molar-refractivity contribution in [2.45, 2.75) is 26.7 Å². The van der Waals surface area contributed by atoms with Crippen molar-refractivity contribution < 1.29 is 0 Å². The van der Waals surface area contributed by atoms with Crippen molar-refractivity contribution in [3.05, 3.63) is 41.8 Å². The van der Waals surface area contributed by atoms with Gasteiger partial charge in [0.05, 0.1) is 0 Å². The lowest BCUT2D eigenvalue weighted by atomic mass is 10.0. The molecule has 1 aromatic carbocycles. The van der Waals surface area contributed by atoms with Crippen LogP contribution in [0.2, 0.25) is 0 Å². The Hall–Kier alpha value is -0.780. The third kappa shape index (κ3) is 2.07. The maximum Gasteiger partial charge on any atom is -0.00118 e. The van der Waals surface area contributed by atoms with Crippen LogP contribution in [0.4, 0.5) is 0 Å². The van der Waals surface area contributed by atoms with Gasteiger partial charge in [-0.3, -0.25) is 0 Å². The third-order valence-electron chi connectivity index (χ3n) is 1.89. The highest BCUT2D eigenvalue weighted by molar-refractivity contribution is 5.31. The van der Waals surface area contributed by atoms with Crippen LogP contribution in [-0.4, -0.2) is 0 Å².